The zero-order valence-electron chi connectivity index (χ0n) is 16.4. The molecule has 0 fully saturated rings. The van der Waals surface area contributed by atoms with Crippen LogP contribution in [0.2, 0.25) is 0 Å². The largest absolute Gasteiger partial charge is 0.481 e. The van der Waals surface area contributed by atoms with Gasteiger partial charge in [0.25, 0.3) is 0 Å². The van der Waals surface area contributed by atoms with Crippen molar-refractivity contribution in [3.8, 4) is 11.1 Å². The minimum Gasteiger partial charge on any atom is -0.481 e. The summed E-state index contributed by atoms with van der Waals surface area (Å²) >= 11 is 6.83. The van der Waals surface area contributed by atoms with Crippen molar-refractivity contribution in [1.82, 2.24) is 0 Å². The Morgan fingerprint density at radius 3 is 2.33 bits per heavy atom. The molecule has 0 aliphatic heterocycles. The molecular formula is C22H20N2O4S2. The fourth-order valence-corrected chi connectivity index (χ4v) is 4.38. The number of thiocarbonyl (C=S) groups is 1. The lowest BCUT2D eigenvalue weighted by atomic mass is 10.0. The molecule has 0 atom stereocenters. The molecule has 3 aromatic rings. The standard InChI is InChI=1S/C22H20N2O4S2/c1-13-18(15-6-4-3-5-7-15)19(21(27)28-2)20(30-13)24-22(29)23-16-10-8-14(9-11-16)12-17(25)26/h3-11H,12H2,1-2H3,(H,25,26)(H2,23,24,29). The zero-order chi connectivity index (χ0) is 21.7. The molecule has 1 aromatic heterocycles. The lowest BCUT2D eigenvalue weighted by molar-refractivity contribution is -0.136. The summed E-state index contributed by atoms with van der Waals surface area (Å²) in [6.45, 7) is 1.95. The summed E-state index contributed by atoms with van der Waals surface area (Å²) in [4.78, 5) is 24.3. The second-order valence-electron chi connectivity index (χ2n) is 6.44. The van der Waals surface area contributed by atoms with Crippen molar-refractivity contribution in [1.29, 1.82) is 0 Å². The molecule has 0 unspecified atom stereocenters. The van der Waals surface area contributed by atoms with Crippen LogP contribution in [0.4, 0.5) is 10.7 Å². The molecule has 0 spiro atoms. The maximum atomic E-state index is 12.5. The van der Waals surface area contributed by atoms with Crippen molar-refractivity contribution in [2.75, 3.05) is 17.7 Å². The normalized spacial score (nSPS) is 10.3. The Kier molecular flexibility index (Phi) is 6.81. The number of carboxylic acids is 1. The number of hydrogen-bond donors (Lipinski definition) is 3. The average Bonchev–Trinajstić information content (AvgIpc) is 3.04. The summed E-state index contributed by atoms with van der Waals surface area (Å²) in [6.07, 6.45) is -0.0395. The minimum absolute atomic E-state index is 0.0395. The van der Waals surface area contributed by atoms with Crippen LogP contribution in [0.15, 0.2) is 54.6 Å². The lowest BCUT2D eigenvalue weighted by Gasteiger charge is -2.12. The highest BCUT2D eigenvalue weighted by molar-refractivity contribution is 7.80. The van der Waals surface area contributed by atoms with Gasteiger partial charge in [-0.2, -0.15) is 0 Å². The monoisotopic (exact) mass is 440 g/mol. The van der Waals surface area contributed by atoms with Crippen molar-refractivity contribution >= 4 is 51.3 Å². The topological polar surface area (TPSA) is 87.7 Å². The van der Waals surface area contributed by atoms with Crippen LogP contribution in [0.3, 0.4) is 0 Å². The van der Waals surface area contributed by atoms with Gasteiger partial charge in [-0.15, -0.1) is 11.3 Å². The van der Waals surface area contributed by atoms with Crippen LogP contribution in [0.25, 0.3) is 11.1 Å². The quantitative estimate of drug-likeness (QED) is 0.369. The van der Waals surface area contributed by atoms with Crippen LogP contribution in [-0.4, -0.2) is 29.3 Å². The first-order valence-electron chi connectivity index (χ1n) is 9.05. The number of carbonyl (C=O) groups is 2. The third-order valence-corrected chi connectivity index (χ3v) is 5.56. The maximum Gasteiger partial charge on any atom is 0.341 e. The molecule has 30 heavy (non-hydrogen) atoms. The Balaban J connectivity index is 1.83. The van der Waals surface area contributed by atoms with Gasteiger partial charge < -0.3 is 20.5 Å². The van der Waals surface area contributed by atoms with Gasteiger partial charge in [-0.25, -0.2) is 4.79 Å². The first-order valence-corrected chi connectivity index (χ1v) is 10.3. The Hall–Kier alpha value is -3.23. The van der Waals surface area contributed by atoms with E-state index in [9.17, 15) is 9.59 Å². The summed E-state index contributed by atoms with van der Waals surface area (Å²) in [5, 5.41) is 15.9. The average molecular weight is 441 g/mol. The van der Waals surface area contributed by atoms with E-state index in [1.165, 1.54) is 18.4 Å². The number of carboxylic acid groups (broad SMARTS) is 1. The van der Waals surface area contributed by atoms with E-state index in [1.807, 2.05) is 37.3 Å². The van der Waals surface area contributed by atoms with Crippen LogP contribution in [0.1, 0.15) is 20.8 Å². The van der Waals surface area contributed by atoms with Crippen molar-refractivity contribution < 1.29 is 19.4 Å². The number of aryl methyl sites for hydroxylation is 1. The molecule has 6 nitrogen and oxygen atoms in total. The molecule has 0 saturated carbocycles. The van der Waals surface area contributed by atoms with Crippen LogP contribution < -0.4 is 10.6 Å². The molecule has 2 aromatic carbocycles. The van der Waals surface area contributed by atoms with E-state index >= 15 is 0 Å². The smallest absolute Gasteiger partial charge is 0.341 e. The number of hydrogen-bond acceptors (Lipinski definition) is 5. The summed E-state index contributed by atoms with van der Waals surface area (Å²) < 4.78 is 5.01. The maximum absolute atomic E-state index is 12.5. The summed E-state index contributed by atoms with van der Waals surface area (Å²) in [6, 6.07) is 16.6. The number of methoxy groups -OCH3 is 1. The number of thiophene rings is 1. The number of aliphatic carboxylic acids is 1. The second-order valence-corrected chi connectivity index (χ2v) is 8.07. The van der Waals surface area contributed by atoms with Gasteiger partial charge in [-0.3, -0.25) is 4.79 Å². The van der Waals surface area contributed by atoms with E-state index in [4.69, 9.17) is 22.1 Å². The van der Waals surface area contributed by atoms with E-state index in [0.717, 1.165) is 16.0 Å². The number of anilines is 2. The minimum atomic E-state index is -0.884. The molecule has 154 valence electrons. The third-order valence-electron chi connectivity index (χ3n) is 4.33. The number of carbonyl (C=O) groups excluding carboxylic acids is 1. The highest BCUT2D eigenvalue weighted by Gasteiger charge is 2.24. The van der Waals surface area contributed by atoms with Crippen molar-refractivity contribution in [3.05, 3.63) is 70.6 Å². The van der Waals surface area contributed by atoms with Crippen molar-refractivity contribution in [2.45, 2.75) is 13.3 Å². The Morgan fingerprint density at radius 1 is 1.07 bits per heavy atom. The van der Waals surface area contributed by atoms with E-state index in [1.54, 1.807) is 24.3 Å². The molecule has 0 aliphatic rings. The molecule has 3 N–H and O–H groups in total. The van der Waals surface area contributed by atoms with Gasteiger partial charge in [0.2, 0.25) is 0 Å². The van der Waals surface area contributed by atoms with Gasteiger partial charge >= 0.3 is 11.9 Å². The number of nitrogens with one attached hydrogen (secondary N) is 2. The number of ether oxygens (including phenoxy) is 1. The van der Waals surface area contributed by atoms with Crippen LogP contribution in [0, 0.1) is 6.92 Å². The lowest BCUT2D eigenvalue weighted by Crippen LogP contribution is -2.20. The SMILES string of the molecule is COC(=O)c1c(NC(=S)Nc2ccc(CC(=O)O)cc2)sc(C)c1-c1ccccc1. The van der Waals surface area contributed by atoms with E-state index in [0.29, 0.717) is 26.9 Å². The highest BCUT2D eigenvalue weighted by Crippen LogP contribution is 2.40. The third kappa shape index (κ3) is 5.03. The van der Waals surface area contributed by atoms with E-state index in [2.05, 4.69) is 10.6 Å². The Labute approximate surface area is 183 Å². The summed E-state index contributed by atoms with van der Waals surface area (Å²) in [7, 11) is 1.35. The van der Waals surface area contributed by atoms with Gasteiger partial charge in [0.1, 0.15) is 10.6 Å². The van der Waals surface area contributed by atoms with Gasteiger partial charge in [0, 0.05) is 16.1 Å². The highest BCUT2D eigenvalue weighted by atomic mass is 32.1. The first-order chi connectivity index (χ1) is 14.4. The van der Waals surface area contributed by atoms with E-state index < -0.39 is 11.9 Å². The zero-order valence-corrected chi connectivity index (χ0v) is 18.0. The predicted molar refractivity (Wildman–Crippen MR) is 123 cm³/mol. The molecule has 3 rings (SSSR count). The molecule has 0 aliphatic carbocycles. The molecule has 1 heterocycles. The number of rotatable bonds is 6. The number of benzene rings is 2. The predicted octanol–water partition coefficient (Wildman–Crippen LogP) is 4.95. The van der Waals surface area contributed by atoms with Crippen molar-refractivity contribution in [3.63, 3.8) is 0 Å². The Morgan fingerprint density at radius 2 is 1.73 bits per heavy atom. The Bertz CT molecular complexity index is 1080. The van der Waals surface area contributed by atoms with Gasteiger partial charge in [-0.1, -0.05) is 42.5 Å². The fourth-order valence-electron chi connectivity index (χ4n) is 3.03. The van der Waals surface area contributed by atoms with E-state index in [-0.39, 0.29) is 6.42 Å². The molecule has 8 heteroatoms. The number of esters is 1. The molecule has 0 saturated heterocycles. The van der Waals surface area contributed by atoms with Crippen LogP contribution >= 0.6 is 23.6 Å². The summed E-state index contributed by atoms with van der Waals surface area (Å²) in [5.41, 5.74) is 3.58. The van der Waals surface area contributed by atoms with Gasteiger partial charge in [-0.05, 0) is 42.4 Å². The van der Waals surface area contributed by atoms with Crippen molar-refractivity contribution in [2.24, 2.45) is 0 Å². The second kappa shape index (κ2) is 9.51. The molecule has 0 bridgehead atoms. The van der Waals surface area contributed by atoms with Crippen LogP contribution in [0.5, 0.6) is 0 Å². The van der Waals surface area contributed by atoms with Gasteiger partial charge in [0.15, 0.2) is 5.11 Å². The van der Waals surface area contributed by atoms with Gasteiger partial charge in [0.05, 0.1) is 13.5 Å². The molecular weight excluding hydrogens is 420 g/mol. The van der Waals surface area contributed by atoms with Crippen LogP contribution in [-0.2, 0) is 16.0 Å². The molecule has 0 radical (unpaired) electrons. The summed E-state index contributed by atoms with van der Waals surface area (Å²) in [5.74, 6) is -1.33. The first kappa shape index (κ1) is 21.5. The molecule has 0 amide bonds. The fraction of sp³-hybridized carbons (Fsp3) is 0.136.